The van der Waals surface area contributed by atoms with Crippen LogP contribution >= 0.6 is 0 Å². The van der Waals surface area contributed by atoms with Gasteiger partial charge < -0.3 is 19.2 Å². The van der Waals surface area contributed by atoms with Crippen LogP contribution in [-0.2, 0) is 22.6 Å². The van der Waals surface area contributed by atoms with Crippen molar-refractivity contribution in [1.29, 1.82) is 0 Å². The summed E-state index contributed by atoms with van der Waals surface area (Å²) in [6.45, 7) is 1.97. The maximum absolute atomic E-state index is 12.3. The van der Waals surface area contributed by atoms with E-state index in [9.17, 15) is 14.7 Å². The molecule has 7 heteroatoms. The van der Waals surface area contributed by atoms with Crippen LogP contribution in [0.15, 0.2) is 95.6 Å². The first-order chi connectivity index (χ1) is 17.0. The summed E-state index contributed by atoms with van der Waals surface area (Å²) < 4.78 is 11.4. The van der Waals surface area contributed by atoms with Crippen LogP contribution in [0.5, 0.6) is 5.75 Å². The van der Waals surface area contributed by atoms with Gasteiger partial charge in [-0.15, -0.1) is 0 Å². The second-order valence-corrected chi connectivity index (χ2v) is 8.05. The van der Waals surface area contributed by atoms with Crippen molar-refractivity contribution in [3.63, 3.8) is 0 Å². The molecule has 35 heavy (non-hydrogen) atoms. The monoisotopic (exact) mass is 470 g/mol. The van der Waals surface area contributed by atoms with Gasteiger partial charge in [-0.2, -0.15) is 0 Å². The van der Waals surface area contributed by atoms with Crippen molar-refractivity contribution >= 4 is 11.9 Å². The maximum Gasteiger partial charge on any atom is 0.331 e. The largest absolute Gasteiger partial charge is 0.493 e. The predicted octanol–water partition coefficient (Wildman–Crippen LogP) is 5.14. The van der Waals surface area contributed by atoms with Gasteiger partial charge in [0.1, 0.15) is 12.0 Å². The third-order valence-corrected chi connectivity index (χ3v) is 5.54. The molecule has 0 spiro atoms. The fraction of sp³-hybridized carbons (Fsp3) is 0.179. The van der Waals surface area contributed by atoms with E-state index in [0.717, 1.165) is 16.8 Å². The van der Waals surface area contributed by atoms with E-state index in [1.807, 2.05) is 60.7 Å². The highest BCUT2D eigenvalue weighted by Gasteiger charge is 2.29. The van der Waals surface area contributed by atoms with Crippen molar-refractivity contribution < 1.29 is 23.8 Å². The lowest BCUT2D eigenvalue weighted by Gasteiger charge is -2.28. The molecule has 3 aromatic carbocycles. The number of hydrogen-bond acceptors (Lipinski definition) is 5. The minimum absolute atomic E-state index is 0.169. The Kier molecular flexibility index (Phi) is 7.57. The van der Waals surface area contributed by atoms with Gasteiger partial charge in [0.05, 0.1) is 12.3 Å². The van der Waals surface area contributed by atoms with E-state index in [-0.39, 0.29) is 12.5 Å². The second kappa shape index (κ2) is 11.2. The molecule has 0 saturated carbocycles. The highest BCUT2D eigenvalue weighted by Crippen LogP contribution is 2.25. The summed E-state index contributed by atoms with van der Waals surface area (Å²) in [6.07, 6.45) is 2.23. The number of nitrogens with zero attached hydrogens (tertiary/aromatic N) is 2. The van der Waals surface area contributed by atoms with Gasteiger partial charge in [0, 0.05) is 25.5 Å². The topological polar surface area (TPSA) is 92.9 Å². The molecule has 1 unspecified atom stereocenters. The molecule has 7 nitrogen and oxygen atoms in total. The number of hydrogen-bond donors (Lipinski definition) is 1. The number of aromatic nitrogens is 1. The molecule has 1 N–H and O–H groups in total. The fourth-order valence-electron chi connectivity index (χ4n) is 3.77. The normalized spacial score (nSPS) is 11.6. The molecule has 4 aromatic rings. The first-order valence-electron chi connectivity index (χ1n) is 11.3. The van der Waals surface area contributed by atoms with E-state index in [0.29, 0.717) is 30.2 Å². The van der Waals surface area contributed by atoms with Crippen LogP contribution in [-0.4, -0.2) is 33.5 Å². The Hall–Kier alpha value is -4.39. The lowest BCUT2D eigenvalue weighted by atomic mass is 10.0. The highest BCUT2D eigenvalue weighted by molar-refractivity contribution is 5.83. The summed E-state index contributed by atoms with van der Waals surface area (Å²) in [6, 6.07) is 24.7. The van der Waals surface area contributed by atoms with Crippen LogP contribution in [0.25, 0.3) is 11.5 Å². The van der Waals surface area contributed by atoms with E-state index in [4.69, 9.17) is 9.15 Å². The molecular formula is C28H26N2O5. The Morgan fingerprint density at radius 2 is 1.63 bits per heavy atom. The summed E-state index contributed by atoms with van der Waals surface area (Å²) in [5.74, 6) is -0.137. The van der Waals surface area contributed by atoms with Gasteiger partial charge in [0.25, 0.3) is 0 Å². The van der Waals surface area contributed by atoms with Gasteiger partial charge in [-0.25, -0.2) is 9.78 Å². The van der Waals surface area contributed by atoms with E-state index in [1.165, 1.54) is 11.8 Å². The Balaban J connectivity index is 1.35. The van der Waals surface area contributed by atoms with Crippen LogP contribution < -0.4 is 4.74 Å². The van der Waals surface area contributed by atoms with E-state index >= 15 is 0 Å². The Morgan fingerprint density at radius 3 is 2.26 bits per heavy atom. The van der Waals surface area contributed by atoms with E-state index < -0.39 is 12.0 Å². The number of benzene rings is 3. The summed E-state index contributed by atoms with van der Waals surface area (Å²) in [7, 11) is 0. The third-order valence-electron chi connectivity index (χ3n) is 5.54. The molecule has 0 fully saturated rings. The van der Waals surface area contributed by atoms with Gasteiger partial charge in [-0.1, -0.05) is 60.7 Å². The molecule has 1 heterocycles. The number of amides is 1. The zero-order valence-corrected chi connectivity index (χ0v) is 19.3. The zero-order valence-electron chi connectivity index (χ0n) is 19.3. The average molecular weight is 471 g/mol. The number of carbonyl (C=O) groups is 2. The highest BCUT2D eigenvalue weighted by atomic mass is 16.5. The smallest absolute Gasteiger partial charge is 0.331 e. The van der Waals surface area contributed by atoms with Gasteiger partial charge in [-0.05, 0) is 35.4 Å². The molecule has 0 aliphatic heterocycles. The van der Waals surface area contributed by atoms with Crippen molar-refractivity contribution in [2.75, 3.05) is 6.61 Å². The van der Waals surface area contributed by atoms with Gasteiger partial charge in [0.2, 0.25) is 11.8 Å². The first-order valence-corrected chi connectivity index (χ1v) is 11.3. The number of rotatable bonds is 10. The van der Waals surface area contributed by atoms with Gasteiger partial charge in [-0.3, -0.25) is 4.79 Å². The summed E-state index contributed by atoms with van der Waals surface area (Å²) in [4.78, 5) is 30.2. The number of carboxylic acids is 1. The van der Waals surface area contributed by atoms with Gasteiger partial charge >= 0.3 is 5.97 Å². The molecule has 1 aromatic heterocycles. The zero-order chi connectivity index (χ0) is 24.6. The summed E-state index contributed by atoms with van der Waals surface area (Å²) >= 11 is 0. The van der Waals surface area contributed by atoms with Crippen LogP contribution in [0.1, 0.15) is 29.8 Å². The number of oxazole rings is 1. The number of carbonyl (C=O) groups excluding carboxylic acids is 1. The quantitative estimate of drug-likeness (QED) is 0.345. The van der Waals surface area contributed by atoms with Crippen molar-refractivity contribution in [2.24, 2.45) is 0 Å². The predicted molar refractivity (Wildman–Crippen MR) is 131 cm³/mol. The molecule has 0 aliphatic rings. The van der Waals surface area contributed by atoms with Crippen molar-refractivity contribution in [3.8, 4) is 17.2 Å². The molecule has 4 rings (SSSR count). The van der Waals surface area contributed by atoms with Crippen LogP contribution in [0.3, 0.4) is 0 Å². The number of aliphatic carboxylic acids is 1. The third kappa shape index (κ3) is 6.14. The van der Waals surface area contributed by atoms with E-state index in [2.05, 4.69) is 4.98 Å². The molecule has 178 valence electrons. The summed E-state index contributed by atoms with van der Waals surface area (Å²) in [5, 5.41) is 9.80. The van der Waals surface area contributed by atoms with Gasteiger partial charge in [0.15, 0.2) is 6.04 Å². The van der Waals surface area contributed by atoms with Crippen molar-refractivity contribution in [1.82, 2.24) is 9.88 Å². The lowest BCUT2D eigenvalue weighted by molar-refractivity contribution is -0.150. The Morgan fingerprint density at radius 1 is 0.971 bits per heavy atom. The van der Waals surface area contributed by atoms with Crippen LogP contribution in [0.4, 0.5) is 0 Å². The number of ether oxygens (including phenoxy) is 1. The molecule has 1 atom stereocenters. The summed E-state index contributed by atoms with van der Waals surface area (Å²) in [5.41, 5.74) is 3.09. The SMILES string of the molecule is CC(=O)N(Cc1ccc(OCCc2coc(-c3ccccc3)n2)cc1)C(C(=O)O)c1ccccc1. The van der Waals surface area contributed by atoms with Crippen molar-refractivity contribution in [3.05, 3.63) is 108 Å². The lowest BCUT2D eigenvalue weighted by Crippen LogP contribution is -2.37. The van der Waals surface area contributed by atoms with E-state index in [1.54, 1.807) is 30.5 Å². The minimum Gasteiger partial charge on any atom is -0.493 e. The second-order valence-electron chi connectivity index (χ2n) is 8.05. The Bertz CT molecular complexity index is 1250. The molecule has 0 radical (unpaired) electrons. The average Bonchev–Trinajstić information content (AvgIpc) is 3.34. The first kappa shape index (κ1) is 23.8. The maximum atomic E-state index is 12.3. The van der Waals surface area contributed by atoms with Crippen LogP contribution in [0, 0.1) is 0 Å². The molecular weight excluding hydrogens is 444 g/mol. The Labute approximate surface area is 203 Å². The minimum atomic E-state index is -1.07. The molecule has 0 aliphatic carbocycles. The molecule has 0 saturated heterocycles. The standard InChI is InChI=1S/C28H26N2O5/c1-20(31)30(26(28(32)33)22-8-4-2-5-9-22)18-21-12-14-25(15-13-21)34-17-16-24-19-35-27(29-24)23-10-6-3-7-11-23/h2-15,19,26H,16-18H2,1H3,(H,32,33). The fourth-order valence-corrected chi connectivity index (χ4v) is 3.77. The van der Waals surface area contributed by atoms with Crippen molar-refractivity contribution in [2.45, 2.75) is 25.9 Å². The van der Waals surface area contributed by atoms with Crippen LogP contribution in [0.2, 0.25) is 0 Å². The molecule has 0 bridgehead atoms. The molecule has 1 amide bonds. The number of carboxylic acid groups (broad SMARTS) is 1.